The number of nitrogens with one attached hydrogen (secondary N) is 1. The van der Waals surface area contributed by atoms with Crippen LogP contribution in [0.25, 0.3) is 0 Å². The van der Waals surface area contributed by atoms with E-state index in [4.69, 9.17) is 0 Å². The summed E-state index contributed by atoms with van der Waals surface area (Å²) in [6.45, 7) is -0.335. The molecule has 0 bridgehead atoms. The second-order valence-corrected chi connectivity index (χ2v) is 6.22. The molecule has 0 spiro atoms. The number of halogens is 3. The fraction of sp³-hybridized carbons (Fsp3) is 0.667. The Morgan fingerprint density at radius 3 is 2.43 bits per heavy atom. The van der Waals surface area contributed by atoms with E-state index < -0.39 is 12.7 Å². The Balaban J connectivity index is 1.54. The fourth-order valence-electron chi connectivity index (χ4n) is 2.93. The minimum atomic E-state index is -4.19. The van der Waals surface area contributed by atoms with Gasteiger partial charge >= 0.3 is 6.18 Å². The van der Waals surface area contributed by atoms with Gasteiger partial charge in [-0.15, -0.1) is 0 Å². The monoisotopic (exact) mass is 328 g/mol. The summed E-state index contributed by atoms with van der Waals surface area (Å²) in [5, 5.41) is 2.81. The minimum Gasteiger partial charge on any atom is -0.309 e. The van der Waals surface area contributed by atoms with Gasteiger partial charge in [0.25, 0.3) is 0 Å². The maximum Gasteiger partial charge on any atom is 0.401 e. The lowest BCUT2D eigenvalue weighted by atomic mass is 9.96. The predicted octanol–water partition coefficient (Wildman–Crippen LogP) is 2.57. The van der Waals surface area contributed by atoms with Crippen molar-refractivity contribution in [3.05, 3.63) is 18.1 Å². The molecule has 0 radical (unpaired) electrons. The number of amides is 1. The number of hydrogen-bond donors (Lipinski definition) is 1. The van der Waals surface area contributed by atoms with Crippen molar-refractivity contribution in [2.24, 2.45) is 5.92 Å². The lowest BCUT2D eigenvalue weighted by molar-refractivity contribution is -0.149. The van der Waals surface area contributed by atoms with Gasteiger partial charge in [-0.1, -0.05) is 0 Å². The highest BCUT2D eigenvalue weighted by molar-refractivity contribution is 5.92. The number of aromatic nitrogens is 2. The third-order valence-corrected chi connectivity index (χ3v) is 4.29. The molecule has 1 N–H and O–H groups in total. The van der Waals surface area contributed by atoms with E-state index in [1.54, 1.807) is 6.20 Å². The number of nitrogens with zero attached hydrogens (tertiary/aromatic N) is 3. The number of likely N-dealkylation sites (tertiary alicyclic amines) is 1. The first-order valence-electron chi connectivity index (χ1n) is 7.83. The number of hydrogen-bond acceptors (Lipinski definition) is 4. The normalized spacial score (nSPS) is 20.5. The van der Waals surface area contributed by atoms with Crippen LogP contribution in [0.1, 0.15) is 37.3 Å². The molecule has 1 aliphatic carbocycles. The molecule has 2 aliphatic rings. The second kappa shape index (κ2) is 6.43. The van der Waals surface area contributed by atoms with Crippen LogP contribution in [0.5, 0.6) is 0 Å². The van der Waals surface area contributed by atoms with Crippen molar-refractivity contribution in [3.8, 4) is 0 Å². The van der Waals surface area contributed by atoms with Crippen molar-refractivity contribution in [2.75, 3.05) is 25.0 Å². The number of anilines is 1. The van der Waals surface area contributed by atoms with E-state index in [0.717, 1.165) is 18.5 Å². The molecule has 0 unspecified atom stereocenters. The molecule has 5 nitrogen and oxygen atoms in total. The van der Waals surface area contributed by atoms with E-state index in [-0.39, 0.29) is 24.9 Å². The molecular formula is C15H19F3N4O. The summed E-state index contributed by atoms with van der Waals surface area (Å²) >= 11 is 0. The fourth-order valence-corrected chi connectivity index (χ4v) is 2.93. The van der Waals surface area contributed by atoms with Crippen LogP contribution in [0.3, 0.4) is 0 Å². The summed E-state index contributed by atoms with van der Waals surface area (Å²) in [7, 11) is 0. The SMILES string of the molecule is O=C(Nc1nccnc1C1CC1)C1CCN(CC(F)(F)F)CC1. The molecule has 2 fully saturated rings. The van der Waals surface area contributed by atoms with Crippen molar-refractivity contribution < 1.29 is 18.0 Å². The molecule has 1 aromatic rings. The maximum atomic E-state index is 12.4. The smallest absolute Gasteiger partial charge is 0.309 e. The summed E-state index contributed by atoms with van der Waals surface area (Å²) in [6, 6.07) is 0. The van der Waals surface area contributed by atoms with Gasteiger partial charge in [-0.2, -0.15) is 13.2 Å². The van der Waals surface area contributed by atoms with E-state index in [2.05, 4.69) is 15.3 Å². The van der Waals surface area contributed by atoms with Gasteiger partial charge < -0.3 is 5.32 Å². The Bertz CT molecular complexity index is 566. The van der Waals surface area contributed by atoms with Gasteiger partial charge in [0.2, 0.25) is 5.91 Å². The van der Waals surface area contributed by atoms with Crippen molar-refractivity contribution in [1.29, 1.82) is 0 Å². The first-order chi connectivity index (χ1) is 10.9. The molecule has 23 heavy (non-hydrogen) atoms. The largest absolute Gasteiger partial charge is 0.401 e. The summed E-state index contributed by atoms with van der Waals surface area (Å²) in [6.07, 6.45) is 1.93. The zero-order chi connectivity index (χ0) is 16.4. The average molecular weight is 328 g/mol. The summed E-state index contributed by atoms with van der Waals surface area (Å²) in [5.41, 5.74) is 0.815. The van der Waals surface area contributed by atoms with Gasteiger partial charge in [0.1, 0.15) is 0 Å². The lowest BCUT2D eigenvalue weighted by Gasteiger charge is -2.31. The highest BCUT2D eigenvalue weighted by Crippen LogP contribution is 2.41. The van der Waals surface area contributed by atoms with Crippen molar-refractivity contribution in [1.82, 2.24) is 14.9 Å². The molecule has 1 amide bonds. The van der Waals surface area contributed by atoms with Crippen LogP contribution in [0.15, 0.2) is 12.4 Å². The molecule has 1 aliphatic heterocycles. The zero-order valence-corrected chi connectivity index (χ0v) is 12.6. The third-order valence-electron chi connectivity index (χ3n) is 4.29. The molecule has 3 rings (SSSR count). The van der Waals surface area contributed by atoms with Crippen LogP contribution in [-0.4, -0.2) is 46.6 Å². The number of carbonyl (C=O) groups is 1. The van der Waals surface area contributed by atoms with E-state index in [9.17, 15) is 18.0 Å². The third kappa shape index (κ3) is 4.40. The van der Waals surface area contributed by atoms with Gasteiger partial charge in [-0.25, -0.2) is 4.98 Å². The second-order valence-electron chi connectivity index (χ2n) is 6.22. The molecule has 1 aromatic heterocycles. The van der Waals surface area contributed by atoms with Gasteiger partial charge in [0.15, 0.2) is 5.82 Å². The Labute approximate surface area is 132 Å². The van der Waals surface area contributed by atoms with E-state index >= 15 is 0 Å². The Kier molecular flexibility index (Phi) is 4.52. The van der Waals surface area contributed by atoms with Crippen molar-refractivity contribution in [3.63, 3.8) is 0 Å². The first kappa shape index (κ1) is 16.2. The average Bonchev–Trinajstić information content (AvgIpc) is 3.31. The quantitative estimate of drug-likeness (QED) is 0.923. The van der Waals surface area contributed by atoms with Crippen LogP contribution in [0.4, 0.5) is 19.0 Å². The van der Waals surface area contributed by atoms with Crippen molar-refractivity contribution in [2.45, 2.75) is 37.8 Å². The number of piperidine rings is 1. The van der Waals surface area contributed by atoms with Crippen LogP contribution in [-0.2, 0) is 4.79 Å². The minimum absolute atomic E-state index is 0.168. The summed E-state index contributed by atoms with van der Waals surface area (Å²) in [4.78, 5) is 22.1. The number of rotatable bonds is 4. The molecule has 2 heterocycles. The molecule has 8 heteroatoms. The summed E-state index contributed by atoms with van der Waals surface area (Å²) in [5.74, 6) is 0.429. The standard InChI is InChI=1S/C15H19F3N4O/c16-15(17,18)9-22-7-3-11(4-8-22)14(23)21-13-12(10-1-2-10)19-5-6-20-13/h5-6,10-11H,1-4,7-9H2,(H,20,21,23). The van der Waals surface area contributed by atoms with Gasteiger partial charge in [0, 0.05) is 24.2 Å². The van der Waals surface area contributed by atoms with Gasteiger partial charge in [-0.3, -0.25) is 14.7 Å². The van der Waals surface area contributed by atoms with Crippen LogP contribution >= 0.6 is 0 Å². The molecule has 126 valence electrons. The number of alkyl halides is 3. The van der Waals surface area contributed by atoms with E-state index in [0.29, 0.717) is 24.6 Å². The van der Waals surface area contributed by atoms with Crippen LogP contribution < -0.4 is 5.32 Å². The van der Waals surface area contributed by atoms with Crippen LogP contribution in [0.2, 0.25) is 0 Å². The van der Waals surface area contributed by atoms with Crippen LogP contribution in [0, 0.1) is 5.92 Å². The molecular weight excluding hydrogens is 309 g/mol. The first-order valence-corrected chi connectivity index (χ1v) is 7.83. The number of carbonyl (C=O) groups excluding carboxylic acids is 1. The Morgan fingerprint density at radius 1 is 1.17 bits per heavy atom. The maximum absolute atomic E-state index is 12.4. The molecule has 0 aromatic carbocycles. The van der Waals surface area contributed by atoms with E-state index in [1.165, 1.54) is 11.1 Å². The van der Waals surface area contributed by atoms with Crippen molar-refractivity contribution >= 4 is 11.7 Å². The highest BCUT2D eigenvalue weighted by Gasteiger charge is 2.34. The topological polar surface area (TPSA) is 58.1 Å². The van der Waals surface area contributed by atoms with Gasteiger partial charge in [0.05, 0.1) is 12.2 Å². The van der Waals surface area contributed by atoms with E-state index in [1.807, 2.05) is 0 Å². The predicted molar refractivity (Wildman–Crippen MR) is 77.9 cm³/mol. The Hall–Kier alpha value is -1.70. The molecule has 0 atom stereocenters. The molecule has 1 saturated carbocycles. The zero-order valence-electron chi connectivity index (χ0n) is 12.6. The summed E-state index contributed by atoms with van der Waals surface area (Å²) < 4.78 is 37.1. The highest BCUT2D eigenvalue weighted by atomic mass is 19.4. The lowest BCUT2D eigenvalue weighted by Crippen LogP contribution is -2.42. The Morgan fingerprint density at radius 2 is 1.83 bits per heavy atom. The van der Waals surface area contributed by atoms with Gasteiger partial charge in [-0.05, 0) is 38.8 Å². The molecule has 1 saturated heterocycles.